The number of rotatable bonds is 8. The minimum atomic E-state index is -0.252. The Kier molecular flexibility index (Phi) is 7.30. The van der Waals surface area contributed by atoms with E-state index in [1.54, 1.807) is 19.1 Å². The van der Waals surface area contributed by atoms with E-state index < -0.39 is 0 Å². The van der Waals surface area contributed by atoms with Crippen LogP contribution in [0.1, 0.15) is 25.0 Å². The molecule has 0 unspecified atom stereocenters. The SMILES string of the molecule is CCn1c(SCC(=O)N/N=C(/C)c2ccc(O)c(OC)c2)nnc1-c1ccc(C)cc1. The number of carbonyl (C=O) groups is 1. The summed E-state index contributed by atoms with van der Waals surface area (Å²) in [5.41, 5.74) is 6.04. The molecule has 0 aliphatic carbocycles. The molecule has 2 N–H and O–H groups in total. The first-order chi connectivity index (χ1) is 14.9. The van der Waals surface area contributed by atoms with Gasteiger partial charge in [0.2, 0.25) is 0 Å². The van der Waals surface area contributed by atoms with Gasteiger partial charge in [-0.25, -0.2) is 5.43 Å². The Labute approximate surface area is 185 Å². The van der Waals surface area contributed by atoms with Gasteiger partial charge in [0.05, 0.1) is 18.6 Å². The number of amides is 1. The van der Waals surface area contributed by atoms with Crippen molar-refractivity contribution in [3.63, 3.8) is 0 Å². The van der Waals surface area contributed by atoms with E-state index >= 15 is 0 Å². The summed E-state index contributed by atoms with van der Waals surface area (Å²) in [5.74, 6) is 1.07. The van der Waals surface area contributed by atoms with Gasteiger partial charge in [0.15, 0.2) is 22.5 Å². The van der Waals surface area contributed by atoms with Crippen LogP contribution in [0.3, 0.4) is 0 Å². The molecule has 0 spiro atoms. The molecule has 2 aromatic carbocycles. The lowest BCUT2D eigenvalue weighted by Gasteiger charge is -2.08. The first-order valence-corrected chi connectivity index (χ1v) is 10.7. The number of methoxy groups -OCH3 is 1. The van der Waals surface area contributed by atoms with Crippen molar-refractivity contribution in [2.24, 2.45) is 5.10 Å². The third kappa shape index (κ3) is 5.43. The predicted molar refractivity (Wildman–Crippen MR) is 122 cm³/mol. The third-order valence-corrected chi connectivity index (χ3v) is 5.59. The summed E-state index contributed by atoms with van der Waals surface area (Å²) in [6.45, 7) is 6.52. The molecule has 0 aliphatic rings. The molecule has 0 bridgehead atoms. The lowest BCUT2D eigenvalue weighted by Crippen LogP contribution is -2.21. The Balaban J connectivity index is 1.63. The quantitative estimate of drug-likeness (QED) is 0.316. The molecular formula is C22H25N5O3S. The Morgan fingerprint density at radius 3 is 2.65 bits per heavy atom. The van der Waals surface area contributed by atoms with E-state index in [2.05, 4.69) is 20.7 Å². The fourth-order valence-corrected chi connectivity index (χ4v) is 3.67. The number of aromatic nitrogens is 3. The summed E-state index contributed by atoms with van der Waals surface area (Å²) >= 11 is 1.31. The maximum absolute atomic E-state index is 12.3. The smallest absolute Gasteiger partial charge is 0.250 e. The van der Waals surface area contributed by atoms with Crippen LogP contribution in [0.2, 0.25) is 0 Å². The molecule has 1 heterocycles. The molecule has 0 saturated heterocycles. The number of phenolic OH excluding ortho intramolecular Hbond substituents is 1. The lowest BCUT2D eigenvalue weighted by atomic mass is 10.1. The number of nitrogens with one attached hydrogen (secondary N) is 1. The van der Waals surface area contributed by atoms with E-state index in [0.29, 0.717) is 23.2 Å². The van der Waals surface area contributed by atoms with Gasteiger partial charge in [0.25, 0.3) is 5.91 Å². The number of aromatic hydroxyl groups is 1. The van der Waals surface area contributed by atoms with Gasteiger partial charge < -0.3 is 14.4 Å². The van der Waals surface area contributed by atoms with Crippen molar-refractivity contribution >= 4 is 23.4 Å². The van der Waals surface area contributed by atoms with Gasteiger partial charge in [-0.05, 0) is 39.0 Å². The molecule has 31 heavy (non-hydrogen) atoms. The highest BCUT2D eigenvalue weighted by Gasteiger charge is 2.14. The van der Waals surface area contributed by atoms with Gasteiger partial charge in [-0.3, -0.25) is 4.79 Å². The number of hydrogen-bond acceptors (Lipinski definition) is 7. The molecule has 8 nitrogen and oxygen atoms in total. The number of phenols is 1. The number of nitrogens with zero attached hydrogens (tertiary/aromatic N) is 4. The topological polar surface area (TPSA) is 102 Å². The van der Waals surface area contributed by atoms with Crippen LogP contribution < -0.4 is 10.2 Å². The third-order valence-electron chi connectivity index (χ3n) is 4.62. The van der Waals surface area contributed by atoms with Crippen LogP contribution in [-0.2, 0) is 11.3 Å². The van der Waals surface area contributed by atoms with E-state index in [0.717, 1.165) is 17.0 Å². The fourth-order valence-electron chi connectivity index (χ4n) is 2.87. The Bertz CT molecular complexity index is 1090. The second-order valence-corrected chi connectivity index (χ2v) is 7.77. The molecule has 1 aromatic heterocycles. The van der Waals surface area contributed by atoms with E-state index in [9.17, 15) is 9.90 Å². The second kappa shape index (κ2) is 10.1. The van der Waals surface area contributed by atoms with Gasteiger partial charge in [-0.1, -0.05) is 41.6 Å². The molecule has 1 amide bonds. The molecular weight excluding hydrogens is 414 g/mol. The van der Waals surface area contributed by atoms with Crippen LogP contribution in [0.5, 0.6) is 11.5 Å². The number of hydrogen-bond donors (Lipinski definition) is 2. The van der Waals surface area contributed by atoms with Crippen molar-refractivity contribution in [1.29, 1.82) is 0 Å². The van der Waals surface area contributed by atoms with Crippen molar-refractivity contribution in [3.05, 3.63) is 53.6 Å². The number of ether oxygens (including phenoxy) is 1. The Morgan fingerprint density at radius 2 is 1.97 bits per heavy atom. The van der Waals surface area contributed by atoms with Gasteiger partial charge >= 0.3 is 0 Å². The van der Waals surface area contributed by atoms with Crippen LogP contribution in [0.15, 0.2) is 52.7 Å². The molecule has 0 radical (unpaired) electrons. The highest BCUT2D eigenvalue weighted by Crippen LogP contribution is 2.26. The van der Waals surface area contributed by atoms with Crippen LogP contribution in [-0.4, -0.2) is 44.4 Å². The monoisotopic (exact) mass is 439 g/mol. The molecule has 0 aliphatic heterocycles. The van der Waals surface area contributed by atoms with Crippen molar-refractivity contribution in [1.82, 2.24) is 20.2 Å². The number of benzene rings is 2. The highest BCUT2D eigenvalue weighted by atomic mass is 32.2. The lowest BCUT2D eigenvalue weighted by molar-refractivity contribution is -0.118. The summed E-state index contributed by atoms with van der Waals surface area (Å²) in [6, 6.07) is 13.0. The minimum Gasteiger partial charge on any atom is -0.504 e. The number of carbonyl (C=O) groups excluding carboxylic acids is 1. The number of thioether (sulfide) groups is 1. The average Bonchev–Trinajstić information content (AvgIpc) is 3.19. The van der Waals surface area contributed by atoms with Crippen LogP contribution in [0, 0.1) is 6.92 Å². The van der Waals surface area contributed by atoms with Crippen molar-refractivity contribution in [3.8, 4) is 22.9 Å². The molecule has 3 rings (SSSR count). The number of aryl methyl sites for hydroxylation is 1. The van der Waals surface area contributed by atoms with Gasteiger partial charge in [-0.15, -0.1) is 10.2 Å². The molecule has 0 fully saturated rings. The van der Waals surface area contributed by atoms with Gasteiger partial charge in [-0.2, -0.15) is 5.10 Å². The van der Waals surface area contributed by atoms with E-state index in [4.69, 9.17) is 4.74 Å². The average molecular weight is 440 g/mol. The molecule has 162 valence electrons. The fraction of sp³-hybridized carbons (Fsp3) is 0.273. The molecule has 9 heteroatoms. The maximum atomic E-state index is 12.3. The maximum Gasteiger partial charge on any atom is 0.250 e. The van der Waals surface area contributed by atoms with Crippen molar-refractivity contribution in [2.45, 2.75) is 32.5 Å². The second-order valence-electron chi connectivity index (χ2n) is 6.82. The highest BCUT2D eigenvalue weighted by molar-refractivity contribution is 7.99. The normalized spacial score (nSPS) is 11.4. The summed E-state index contributed by atoms with van der Waals surface area (Å²) in [5, 5.41) is 23.1. The number of hydrazone groups is 1. The Morgan fingerprint density at radius 1 is 1.23 bits per heavy atom. The molecule has 3 aromatic rings. The zero-order valence-electron chi connectivity index (χ0n) is 17.9. The Hall–Kier alpha value is -3.33. The predicted octanol–water partition coefficient (Wildman–Crippen LogP) is 3.62. The van der Waals surface area contributed by atoms with E-state index in [1.165, 1.54) is 30.5 Å². The first-order valence-electron chi connectivity index (χ1n) is 9.76. The summed E-state index contributed by atoms with van der Waals surface area (Å²) in [6.07, 6.45) is 0. The zero-order chi connectivity index (χ0) is 22.4. The molecule has 0 atom stereocenters. The molecule has 0 saturated carbocycles. The minimum absolute atomic E-state index is 0.0459. The van der Waals surface area contributed by atoms with Gasteiger partial charge in [0, 0.05) is 17.7 Å². The summed E-state index contributed by atoms with van der Waals surface area (Å²) in [7, 11) is 1.48. The zero-order valence-corrected chi connectivity index (χ0v) is 18.7. The van der Waals surface area contributed by atoms with Crippen LogP contribution >= 0.6 is 11.8 Å². The van der Waals surface area contributed by atoms with Gasteiger partial charge in [0.1, 0.15) is 0 Å². The standard InChI is InChI=1S/C22H25N5O3S/c1-5-27-21(16-8-6-14(2)7-9-16)25-26-22(27)31-13-20(29)24-23-15(3)17-10-11-18(28)19(12-17)30-4/h6-12,28H,5,13H2,1-4H3,(H,24,29)/b23-15-. The van der Waals surface area contributed by atoms with E-state index in [-0.39, 0.29) is 17.4 Å². The van der Waals surface area contributed by atoms with Crippen molar-refractivity contribution in [2.75, 3.05) is 12.9 Å². The van der Waals surface area contributed by atoms with Crippen molar-refractivity contribution < 1.29 is 14.6 Å². The summed E-state index contributed by atoms with van der Waals surface area (Å²) in [4.78, 5) is 12.3. The van der Waals surface area contributed by atoms with Crippen LogP contribution in [0.4, 0.5) is 0 Å². The van der Waals surface area contributed by atoms with Crippen LogP contribution in [0.25, 0.3) is 11.4 Å². The van der Waals surface area contributed by atoms with E-state index in [1.807, 2.05) is 42.7 Å². The largest absolute Gasteiger partial charge is 0.504 e. The summed E-state index contributed by atoms with van der Waals surface area (Å²) < 4.78 is 7.09. The first kappa shape index (κ1) is 22.4.